The number of fused-ring (bicyclic) bond motifs is 2. The predicted octanol–water partition coefficient (Wildman–Crippen LogP) is 6.82. The van der Waals surface area contributed by atoms with Crippen LogP contribution in [-0.4, -0.2) is 33.4 Å². The van der Waals surface area contributed by atoms with Crippen molar-refractivity contribution in [3.8, 4) is 0 Å². The maximum atomic E-state index is 14.3. The number of hydrogen-bond donors (Lipinski definition) is 3. The van der Waals surface area contributed by atoms with Gasteiger partial charge in [-0.05, 0) is 52.9 Å². The van der Waals surface area contributed by atoms with Gasteiger partial charge in [0.05, 0.1) is 17.5 Å². The number of nitrogens with zero attached hydrogens (tertiary/aromatic N) is 1. The van der Waals surface area contributed by atoms with Crippen LogP contribution >= 0.6 is 11.6 Å². The van der Waals surface area contributed by atoms with Gasteiger partial charge in [0.25, 0.3) is 0 Å². The van der Waals surface area contributed by atoms with Crippen molar-refractivity contribution in [2.75, 3.05) is 4.90 Å². The predicted molar refractivity (Wildman–Crippen MR) is 176 cm³/mol. The van der Waals surface area contributed by atoms with E-state index in [0.29, 0.717) is 10.7 Å². The summed E-state index contributed by atoms with van der Waals surface area (Å²) in [4.78, 5) is 46.3. The number of aromatic amines is 1. The Kier molecular flexibility index (Phi) is 7.15. The first-order valence-corrected chi connectivity index (χ1v) is 15.2. The highest BCUT2D eigenvalue weighted by Gasteiger charge is 2.68. The van der Waals surface area contributed by atoms with Crippen LogP contribution in [0.5, 0.6) is 0 Å². The molecule has 2 amide bonds. The van der Waals surface area contributed by atoms with Crippen LogP contribution in [0, 0.1) is 18.8 Å². The summed E-state index contributed by atoms with van der Waals surface area (Å²) < 4.78 is 0. The molecule has 0 spiro atoms. The first kappa shape index (κ1) is 28.8. The summed E-state index contributed by atoms with van der Waals surface area (Å²) in [5.41, 5.74) is 3.75. The van der Waals surface area contributed by atoms with Gasteiger partial charge in [-0.1, -0.05) is 103 Å². The van der Waals surface area contributed by atoms with E-state index in [0.717, 1.165) is 43.6 Å². The van der Waals surface area contributed by atoms with E-state index in [2.05, 4.69) is 10.3 Å². The third-order valence-corrected chi connectivity index (χ3v) is 9.56. The van der Waals surface area contributed by atoms with E-state index in [-0.39, 0.29) is 6.42 Å². The fraction of sp³-hybridized carbons (Fsp3) is 0.162. The Morgan fingerprint density at radius 2 is 1.60 bits per heavy atom. The summed E-state index contributed by atoms with van der Waals surface area (Å²) in [5, 5.41) is 15.5. The highest BCUT2D eigenvalue weighted by atomic mass is 35.5. The van der Waals surface area contributed by atoms with E-state index in [9.17, 15) is 19.5 Å². The molecule has 3 heterocycles. The zero-order chi connectivity index (χ0) is 31.3. The molecule has 2 fully saturated rings. The SMILES string of the molecule is Cc1ccc(N2C(=O)C3C(c4ccc(C=Cc5ccccc5)cc4)NC(Cc4c[nH]c5ccccc45)(C(=O)O)C3C2=O)cc1Cl. The highest BCUT2D eigenvalue weighted by Crippen LogP contribution is 2.51. The number of carbonyl (C=O) groups excluding carboxylic acids is 2. The molecule has 8 heteroatoms. The normalized spacial score (nSPS) is 22.9. The van der Waals surface area contributed by atoms with Gasteiger partial charge < -0.3 is 10.1 Å². The number of carboxylic acids is 1. The third kappa shape index (κ3) is 4.85. The van der Waals surface area contributed by atoms with Gasteiger partial charge in [-0.3, -0.25) is 19.7 Å². The molecule has 4 atom stereocenters. The molecule has 5 aromatic rings. The lowest BCUT2D eigenvalue weighted by atomic mass is 9.76. The maximum Gasteiger partial charge on any atom is 0.325 e. The van der Waals surface area contributed by atoms with Crippen molar-refractivity contribution >= 4 is 58.1 Å². The first-order valence-electron chi connectivity index (χ1n) is 14.8. The zero-order valence-corrected chi connectivity index (χ0v) is 25.2. The molecule has 45 heavy (non-hydrogen) atoms. The van der Waals surface area contributed by atoms with E-state index in [1.54, 1.807) is 24.4 Å². The smallest absolute Gasteiger partial charge is 0.325 e. The molecule has 4 unspecified atom stereocenters. The molecule has 2 aliphatic heterocycles. The molecular weight excluding hydrogens is 586 g/mol. The molecule has 3 N–H and O–H groups in total. The summed E-state index contributed by atoms with van der Waals surface area (Å²) in [6.07, 6.45) is 5.80. The van der Waals surface area contributed by atoms with Crippen LogP contribution in [0.3, 0.4) is 0 Å². The number of carboxylic acid groups (broad SMARTS) is 1. The van der Waals surface area contributed by atoms with Gasteiger partial charge in [-0.2, -0.15) is 0 Å². The van der Waals surface area contributed by atoms with Crippen LogP contribution < -0.4 is 10.2 Å². The number of aliphatic carboxylic acids is 1. The number of amides is 2. The number of anilines is 1. The molecule has 4 aromatic carbocycles. The number of aryl methyl sites for hydroxylation is 1. The number of imide groups is 1. The van der Waals surface area contributed by atoms with Crippen LogP contribution in [0.2, 0.25) is 5.02 Å². The Morgan fingerprint density at radius 3 is 2.31 bits per heavy atom. The zero-order valence-electron chi connectivity index (χ0n) is 24.4. The number of carbonyl (C=O) groups is 3. The second-order valence-corrected chi connectivity index (χ2v) is 12.2. The molecule has 0 radical (unpaired) electrons. The Morgan fingerprint density at radius 1 is 0.911 bits per heavy atom. The summed E-state index contributed by atoms with van der Waals surface area (Å²) in [5.74, 6) is -4.27. The quantitative estimate of drug-likeness (QED) is 0.138. The average molecular weight is 616 g/mol. The minimum atomic E-state index is -1.75. The number of aromatic nitrogens is 1. The number of nitrogens with one attached hydrogen (secondary N) is 2. The highest BCUT2D eigenvalue weighted by molar-refractivity contribution is 6.32. The molecule has 7 rings (SSSR count). The van der Waals surface area contributed by atoms with Gasteiger partial charge in [0.15, 0.2) is 0 Å². The number of para-hydroxylation sites is 1. The summed E-state index contributed by atoms with van der Waals surface area (Å²) in [6, 6.07) is 29.5. The van der Waals surface area contributed by atoms with Gasteiger partial charge in [0.2, 0.25) is 11.8 Å². The van der Waals surface area contributed by atoms with E-state index >= 15 is 0 Å². The molecule has 2 saturated heterocycles. The molecule has 1 aromatic heterocycles. The van der Waals surface area contributed by atoms with Crippen molar-refractivity contribution in [1.29, 1.82) is 0 Å². The van der Waals surface area contributed by atoms with E-state index in [1.165, 1.54) is 0 Å². The molecule has 2 aliphatic rings. The maximum absolute atomic E-state index is 14.3. The van der Waals surface area contributed by atoms with Crippen molar-refractivity contribution < 1.29 is 19.5 Å². The van der Waals surface area contributed by atoms with Gasteiger partial charge in [0.1, 0.15) is 5.54 Å². The second kappa shape index (κ2) is 11.2. The number of rotatable bonds is 7. The minimum Gasteiger partial charge on any atom is -0.480 e. The number of hydrogen-bond acceptors (Lipinski definition) is 4. The van der Waals surface area contributed by atoms with Crippen molar-refractivity contribution in [1.82, 2.24) is 10.3 Å². The molecule has 7 nitrogen and oxygen atoms in total. The second-order valence-electron chi connectivity index (χ2n) is 11.8. The first-order chi connectivity index (χ1) is 21.8. The van der Waals surface area contributed by atoms with Crippen LogP contribution in [0.1, 0.15) is 33.9 Å². The van der Waals surface area contributed by atoms with Crippen molar-refractivity contribution in [2.45, 2.75) is 24.9 Å². The number of benzene rings is 4. The third-order valence-electron chi connectivity index (χ3n) is 9.16. The van der Waals surface area contributed by atoms with Crippen LogP contribution in [-0.2, 0) is 20.8 Å². The fourth-order valence-electron chi connectivity index (χ4n) is 6.85. The van der Waals surface area contributed by atoms with Crippen LogP contribution in [0.4, 0.5) is 5.69 Å². The summed E-state index contributed by atoms with van der Waals surface area (Å²) in [7, 11) is 0. The minimum absolute atomic E-state index is 0.00340. The van der Waals surface area contributed by atoms with Crippen molar-refractivity contribution in [3.05, 3.63) is 136 Å². The van der Waals surface area contributed by atoms with E-state index in [1.807, 2.05) is 97.9 Å². The molecular formula is C37H30ClN3O4. The fourth-order valence-corrected chi connectivity index (χ4v) is 7.02. The Labute approximate surface area is 265 Å². The van der Waals surface area contributed by atoms with E-state index < -0.39 is 41.2 Å². The molecule has 0 saturated carbocycles. The average Bonchev–Trinajstić information content (AvgIpc) is 3.70. The molecule has 0 aliphatic carbocycles. The van der Waals surface area contributed by atoms with Crippen LogP contribution in [0.15, 0.2) is 103 Å². The lowest BCUT2D eigenvalue weighted by molar-refractivity contribution is -0.148. The summed E-state index contributed by atoms with van der Waals surface area (Å²) in [6.45, 7) is 1.84. The number of H-pyrrole nitrogens is 1. The monoisotopic (exact) mass is 615 g/mol. The Balaban J connectivity index is 1.31. The lowest BCUT2D eigenvalue weighted by Gasteiger charge is -2.31. The van der Waals surface area contributed by atoms with Gasteiger partial charge in [0, 0.05) is 34.6 Å². The van der Waals surface area contributed by atoms with Crippen molar-refractivity contribution in [3.63, 3.8) is 0 Å². The standard InChI is InChI=1S/C37H30ClN3O4/c1-22-11-18-27(19-29(22)38)41-34(42)31-32(35(41)43)37(36(44)45,20-26-21-39-30-10-6-5-9-28(26)30)40-33(31)25-16-14-24(15-17-25)13-12-23-7-3-2-4-8-23/h2-19,21,31-33,39-40H,20H2,1H3,(H,44,45). The molecule has 0 bridgehead atoms. The van der Waals surface area contributed by atoms with Crippen molar-refractivity contribution in [2.24, 2.45) is 11.8 Å². The Bertz CT molecular complexity index is 1980. The topological polar surface area (TPSA) is 102 Å². The van der Waals surface area contributed by atoms with Gasteiger partial charge in [-0.25, -0.2) is 4.90 Å². The van der Waals surface area contributed by atoms with Gasteiger partial charge in [-0.15, -0.1) is 0 Å². The lowest BCUT2D eigenvalue weighted by Crippen LogP contribution is -2.57. The number of halogens is 1. The Hall–Kier alpha value is -4.98. The molecule has 224 valence electrons. The summed E-state index contributed by atoms with van der Waals surface area (Å²) >= 11 is 6.40. The van der Waals surface area contributed by atoms with E-state index in [4.69, 9.17) is 11.6 Å². The van der Waals surface area contributed by atoms with Crippen LogP contribution in [0.25, 0.3) is 23.1 Å². The largest absolute Gasteiger partial charge is 0.480 e. The van der Waals surface area contributed by atoms with Gasteiger partial charge >= 0.3 is 5.97 Å².